The van der Waals surface area contributed by atoms with Crippen LogP contribution in [0.3, 0.4) is 0 Å². The predicted octanol–water partition coefficient (Wildman–Crippen LogP) is 1.53. The van der Waals surface area contributed by atoms with Crippen LogP contribution in [0.5, 0.6) is 0 Å². The van der Waals surface area contributed by atoms with Crippen LogP contribution in [0, 0.1) is 5.92 Å². The molecule has 82 valence electrons. The Morgan fingerprint density at radius 3 is 3.00 bits per heavy atom. The standard InChI is InChI=1S/C10H19NO2S/c1-3-8(2)6-11-4-5-14-7-9(11)10(12)13/h8-9H,3-7H2,1-2H3,(H,12,13). The molecule has 2 unspecified atom stereocenters. The highest BCUT2D eigenvalue weighted by molar-refractivity contribution is 7.99. The van der Waals surface area contributed by atoms with E-state index in [2.05, 4.69) is 18.7 Å². The third kappa shape index (κ3) is 3.17. The normalized spacial score (nSPS) is 26.0. The summed E-state index contributed by atoms with van der Waals surface area (Å²) in [4.78, 5) is 13.1. The second-order valence-corrected chi connectivity index (χ2v) is 5.09. The van der Waals surface area contributed by atoms with Crippen LogP contribution in [0.15, 0.2) is 0 Å². The van der Waals surface area contributed by atoms with Crippen LogP contribution >= 0.6 is 11.8 Å². The smallest absolute Gasteiger partial charge is 0.321 e. The number of hydrogen-bond donors (Lipinski definition) is 1. The average Bonchev–Trinajstić information content (AvgIpc) is 2.18. The van der Waals surface area contributed by atoms with Gasteiger partial charge in [-0.3, -0.25) is 9.69 Å². The van der Waals surface area contributed by atoms with Gasteiger partial charge in [0.05, 0.1) is 0 Å². The van der Waals surface area contributed by atoms with Gasteiger partial charge >= 0.3 is 5.97 Å². The molecule has 0 bridgehead atoms. The minimum absolute atomic E-state index is 0.261. The summed E-state index contributed by atoms with van der Waals surface area (Å²) >= 11 is 1.75. The molecule has 1 saturated heterocycles. The molecule has 1 N–H and O–H groups in total. The molecule has 0 spiro atoms. The Morgan fingerprint density at radius 2 is 2.43 bits per heavy atom. The molecule has 0 aromatic carbocycles. The highest BCUT2D eigenvalue weighted by atomic mass is 32.2. The summed E-state index contributed by atoms with van der Waals surface area (Å²) in [6, 6.07) is -0.261. The number of aliphatic carboxylic acids is 1. The lowest BCUT2D eigenvalue weighted by Gasteiger charge is -2.34. The van der Waals surface area contributed by atoms with E-state index in [1.807, 2.05) is 0 Å². The molecule has 1 aliphatic rings. The number of rotatable bonds is 4. The van der Waals surface area contributed by atoms with Gasteiger partial charge in [-0.05, 0) is 5.92 Å². The molecule has 0 saturated carbocycles. The molecule has 1 fully saturated rings. The fourth-order valence-corrected chi connectivity index (χ4v) is 2.72. The molecule has 4 heteroatoms. The Morgan fingerprint density at radius 1 is 1.71 bits per heavy atom. The van der Waals surface area contributed by atoms with Gasteiger partial charge in [-0.25, -0.2) is 0 Å². The van der Waals surface area contributed by atoms with Crippen LogP contribution in [-0.4, -0.2) is 46.6 Å². The van der Waals surface area contributed by atoms with E-state index in [1.54, 1.807) is 11.8 Å². The van der Waals surface area contributed by atoms with Crippen LogP contribution in [0.4, 0.5) is 0 Å². The number of hydrogen-bond acceptors (Lipinski definition) is 3. The molecule has 2 atom stereocenters. The van der Waals surface area contributed by atoms with E-state index in [0.29, 0.717) is 5.92 Å². The van der Waals surface area contributed by atoms with Gasteiger partial charge in [0.2, 0.25) is 0 Å². The van der Waals surface area contributed by atoms with E-state index in [1.165, 1.54) is 0 Å². The summed E-state index contributed by atoms with van der Waals surface area (Å²) in [6.07, 6.45) is 1.12. The summed E-state index contributed by atoms with van der Waals surface area (Å²) in [5.74, 6) is 1.74. The van der Waals surface area contributed by atoms with Gasteiger partial charge in [0.15, 0.2) is 0 Å². The maximum atomic E-state index is 11.0. The summed E-state index contributed by atoms with van der Waals surface area (Å²) < 4.78 is 0. The number of nitrogens with zero attached hydrogens (tertiary/aromatic N) is 1. The molecular weight excluding hydrogens is 198 g/mol. The van der Waals surface area contributed by atoms with Crippen molar-refractivity contribution in [3.8, 4) is 0 Å². The first-order chi connectivity index (χ1) is 6.65. The lowest BCUT2D eigenvalue weighted by atomic mass is 10.1. The van der Waals surface area contributed by atoms with Gasteiger partial charge in [-0.2, -0.15) is 11.8 Å². The van der Waals surface area contributed by atoms with Gasteiger partial charge < -0.3 is 5.11 Å². The molecule has 3 nitrogen and oxygen atoms in total. The van der Waals surface area contributed by atoms with Crippen LogP contribution in [0.2, 0.25) is 0 Å². The van der Waals surface area contributed by atoms with E-state index < -0.39 is 5.97 Å². The first-order valence-corrected chi connectivity index (χ1v) is 6.35. The lowest BCUT2D eigenvalue weighted by molar-refractivity contribution is -0.142. The van der Waals surface area contributed by atoms with Gasteiger partial charge in [0.25, 0.3) is 0 Å². The van der Waals surface area contributed by atoms with Crippen LogP contribution < -0.4 is 0 Å². The molecule has 0 amide bonds. The number of carbonyl (C=O) groups is 1. The minimum atomic E-state index is -0.666. The SMILES string of the molecule is CCC(C)CN1CCSCC1C(=O)O. The molecule has 1 aliphatic heterocycles. The second-order valence-electron chi connectivity index (χ2n) is 3.94. The van der Waals surface area contributed by atoms with Crippen LogP contribution in [0.25, 0.3) is 0 Å². The van der Waals surface area contributed by atoms with Crippen molar-refractivity contribution in [3.05, 3.63) is 0 Å². The van der Waals surface area contributed by atoms with Crippen molar-refractivity contribution in [2.75, 3.05) is 24.6 Å². The molecule has 1 rings (SSSR count). The Hall–Kier alpha value is -0.220. The number of carboxylic acids is 1. The molecule has 0 aliphatic carbocycles. The Bertz CT molecular complexity index is 199. The number of carboxylic acid groups (broad SMARTS) is 1. The third-order valence-electron chi connectivity index (χ3n) is 2.77. The van der Waals surface area contributed by atoms with E-state index >= 15 is 0 Å². The van der Waals surface area contributed by atoms with Gasteiger partial charge in [-0.15, -0.1) is 0 Å². The molecule has 0 aromatic rings. The van der Waals surface area contributed by atoms with Gasteiger partial charge in [-0.1, -0.05) is 20.3 Å². The Balaban J connectivity index is 2.49. The van der Waals surface area contributed by atoms with Crippen molar-refractivity contribution in [1.29, 1.82) is 0 Å². The van der Waals surface area contributed by atoms with Gasteiger partial charge in [0, 0.05) is 24.6 Å². The first-order valence-electron chi connectivity index (χ1n) is 5.19. The van der Waals surface area contributed by atoms with Crippen molar-refractivity contribution in [2.45, 2.75) is 26.3 Å². The molecule has 14 heavy (non-hydrogen) atoms. The summed E-state index contributed by atoms with van der Waals surface area (Å²) in [5, 5.41) is 9.04. The second kappa shape index (κ2) is 5.61. The first kappa shape index (κ1) is 11.9. The Kier molecular flexibility index (Phi) is 4.75. The van der Waals surface area contributed by atoms with Crippen molar-refractivity contribution >= 4 is 17.7 Å². The zero-order valence-corrected chi connectivity index (χ0v) is 9.72. The minimum Gasteiger partial charge on any atom is -0.480 e. The van der Waals surface area contributed by atoms with Crippen LogP contribution in [0.1, 0.15) is 20.3 Å². The molecule has 1 heterocycles. The van der Waals surface area contributed by atoms with E-state index in [4.69, 9.17) is 5.11 Å². The van der Waals surface area contributed by atoms with Crippen molar-refractivity contribution in [2.24, 2.45) is 5.92 Å². The highest BCUT2D eigenvalue weighted by Crippen LogP contribution is 2.18. The monoisotopic (exact) mass is 217 g/mol. The number of thioether (sulfide) groups is 1. The molecular formula is C10H19NO2S. The Labute approximate surface area is 89.9 Å². The average molecular weight is 217 g/mol. The topological polar surface area (TPSA) is 40.5 Å². The van der Waals surface area contributed by atoms with E-state index in [-0.39, 0.29) is 6.04 Å². The van der Waals surface area contributed by atoms with Crippen molar-refractivity contribution in [1.82, 2.24) is 4.90 Å². The largest absolute Gasteiger partial charge is 0.480 e. The lowest BCUT2D eigenvalue weighted by Crippen LogP contribution is -2.48. The zero-order valence-electron chi connectivity index (χ0n) is 8.90. The molecule has 0 radical (unpaired) electrons. The third-order valence-corrected chi connectivity index (χ3v) is 3.79. The quantitative estimate of drug-likeness (QED) is 0.775. The van der Waals surface area contributed by atoms with Gasteiger partial charge in [0.1, 0.15) is 6.04 Å². The summed E-state index contributed by atoms with van der Waals surface area (Å²) in [6.45, 7) is 6.18. The fourth-order valence-electron chi connectivity index (χ4n) is 1.61. The van der Waals surface area contributed by atoms with E-state index in [9.17, 15) is 4.79 Å². The van der Waals surface area contributed by atoms with Crippen molar-refractivity contribution < 1.29 is 9.90 Å². The zero-order chi connectivity index (χ0) is 10.6. The molecule has 0 aromatic heterocycles. The van der Waals surface area contributed by atoms with Crippen molar-refractivity contribution in [3.63, 3.8) is 0 Å². The summed E-state index contributed by atoms with van der Waals surface area (Å²) in [5.41, 5.74) is 0. The fraction of sp³-hybridized carbons (Fsp3) is 0.900. The van der Waals surface area contributed by atoms with Crippen LogP contribution in [-0.2, 0) is 4.79 Å². The maximum Gasteiger partial charge on any atom is 0.321 e. The predicted molar refractivity (Wildman–Crippen MR) is 59.8 cm³/mol. The summed E-state index contributed by atoms with van der Waals surface area (Å²) in [7, 11) is 0. The highest BCUT2D eigenvalue weighted by Gasteiger charge is 2.29. The van der Waals surface area contributed by atoms with E-state index in [0.717, 1.165) is 31.0 Å². The maximum absolute atomic E-state index is 11.0.